The molecule has 108 valence electrons. The van der Waals surface area contributed by atoms with E-state index in [-0.39, 0.29) is 0 Å². The Bertz CT molecular complexity index is 583. The molecule has 0 amide bonds. The van der Waals surface area contributed by atoms with Crippen LogP contribution in [-0.2, 0) is 13.6 Å². The number of halogens is 1. The van der Waals surface area contributed by atoms with Crippen LogP contribution < -0.4 is 10.1 Å². The normalized spacial score (nSPS) is 10.8. The quantitative estimate of drug-likeness (QED) is 0.832. The molecular weight excluding hydrogens is 276 g/mol. The summed E-state index contributed by atoms with van der Waals surface area (Å²) in [5.74, 6) is 1.33. The summed E-state index contributed by atoms with van der Waals surface area (Å²) in [4.78, 5) is 4.02. The maximum Gasteiger partial charge on any atom is 0.222 e. The minimum Gasteiger partial charge on any atom is -0.437 e. The van der Waals surface area contributed by atoms with E-state index in [1.54, 1.807) is 23.1 Å². The predicted octanol–water partition coefficient (Wildman–Crippen LogP) is 3.07. The molecular formula is C14H19ClN4O. The van der Waals surface area contributed by atoms with Crippen LogP contribution in [0, 0.1) is 6.92 Å². The summed E-state index contributed by atoms with van der Waals surface area (Å²) in [6.45, 7) is 5.81. The first-order valence-electron chi connectivity index (χ1n) is 6.63. The Morgan fingerprint density at radius 1 is 1.40 bits per heavy atom. The minimum atomic E-state index is 0.548. The molecule has 0 radical (unpaired) electrons. The average Bonchev–Trinajstić information content (AvgIpc) is 2.66. The second-order valence-electron chi connectivity index (χ2n) is 4.61. The highest BCUT2D eigenvalue weighted by molar-refractivity contribution is 6.30. The third kappa shape index (κ3) is 3.49. The average molecular weight is 295 g/mol. The first kappa shape index (κ1) is 14.8. The molecule has 1 N–H and O–H groups in total. The molecule has 2 aromatic heterocycles. The highest BCUT2D eigenvalue weighted by atomic mass is 35.5. The van der Waals surface area contributed by atoms with Gasteiger partial charge < -0.3 is 10.1 Å². The molecule has 2 heterocycles. The molecule has 0 aliphatic rings. The fourth-order valence-corrected chi connectivity index (χ4v) is 2.13. The van der Waals surface area contributed by atoms with Crippen molar-refractivity contribution in [2.45, 2.75) is 26.8 Å². The van der Waals surface area contributed by atoms with E-state index >= 15 is 0 Å². The van der Waals surface area contributed by atoms with Gasteiger partial charge >= 0.3 is 0 Å². The van der Waals surface area contributed by atoms with Crippen LogP contribution in [0.15, 0.2) is 18.5 Å². The molecule has 0 atom stereocenters. The Morgan fingerprint density at radius 2 is 2.20 bits per heavy atom. The Kier molecular flexibility index (Phi) is 4.98. The number of aromatic nitrogens is 3. The molecule has 0 bridgehead atoms. The zero-order chi connectivity index (χ0) is 14.5. The maximum absolute atomic E-state index is 5.92. The van der Waals surface area contributed by atoms with Gasteiger partial charge in [0.15, 0.2) is 0 Å². The van der Waals surface area contributed by atoms with Crippen molar-refractivity contribution in [2.75, 3.05) is 6.54 Å². The Labute approximate surface area is 123 Å². The summed E-state index contributed by atoms with van der Waals surface area (Å²) in [6, 6.07) is 1.74. The minimum absolute atomic E-state index is 0.548. The van der Waals surface area contributed by atoms with Crippen molar-refractivity contribution in [1.82, 2.24) is 20.1 Å². The van der Waals surface area contributed by atoms with Crippen LogP contribution in [0.4, 0.5) is 0 Å². The fraction of sp³-hybridized carbons (Fsp3) is 0.429. The Balaban J connectivity index is 2.21. The summed E-state index contributed by atoms with van der Waals surface area (Å²) >= 11 is 5.92. The van der Waals surface area contributed by atoms with Gasteiger partial charge in [-0.3, -0.25) is 4.98 Å². The van der Waals surface area contributed by atoms with Crippen LogP contribution in [0.1, 0.15) is 24.6 Å². The molecule has 20 heavy (non-hydrogen) atoms. The van der Waals surface area contributed by atoms with Crippen LogP contribution in [0.25, 0.3) is 0 Å². The first-order valence-corrected chi connectivity index (χ1v) is 7.01. The molecule has 0 saturated heterocycles. The van der Waals surface area contributed by atoms with E-state index in [2.05, 4.69) is 22.3 Å². The second-order valence-corrected chi connectivity index (χ2v) is 5.05. The molecule has 5 nitrogen and oxygen atoms in total. The summed E-state index contributed by atoms with van der Waals surface area (Å²) in [5.41, 5.74) is 2.02. The van der Waals surface area contributed by atoms with Gasteiger partial charge in [0, 0.05) is 25.9 Å². The topological polar surface area (TPSA) is 52.0 Å². The number of ether oxygens (including phenoxy) is 1. The van der Waals surface area contributed by atoms with E-state index in [9.17, 15) is 0 Å². The van der Waals surface area contributed by atoms with Gasteiger partial charge in [0.05, 0.1) is 22.5 Å². The maximum atomic E-state index is 5.92. The molecule has 2 rings (SSSR count). The van der Waals surface area contributed by atoms with Gasteiger partial charge in [-0.25, -0.2) is 4.68 Å². The van der Waals surface area contributed by atoms with Gasteiger partial charge in [0.25, 0.3) is 0 Å². The zero-order valence-corrected chi connectivity index (χ0v) is 12.7. The predicted molar refractivity (Wildman–Crippen MR) is 79.3 cm³/mol. The molecule has 0 aliphatic heterocycles. The number of pyridine rings is 1. The van der Waals surface area contributed by atoms with E-state index in [1.165, 1.54) is 0 Å². The lowest BCUT2D eigenvalue weighted by molar-refractivity contribution is 0.422. The molecule has 0 unspecified atom stereocenters. The van der Waals surface area contributed by atoms with Gasteiger partial charge in [-0.1, -0.05) is 18.5 Å². The molecule has 0 saturated carbocycles. The van der Waals surface area contributed by atoms with E-state index in [0.717, 1.165) is 36.6 Å². The van der Waals surface area contributed by atoms with E-state index in [1.807, 2.05) is 14.0 Å². The Morgan fingerprint density at radius 3 is 2.90 bits per heavy atom. The highest BCUT2D eigenvalue weighted by Gasteiger charge is 2.15. The van der Waals surface area contributed by atoms with Crippen LogP contribution in [0.3, 0.4) is 0 Å². The third-order valence-corrected chi connectivity index (χ3v) is 3.12. The lowest BCUT2D eigenvalue weighted by Crippen LogP contribution is -2.14. The van der Waals surface area contributed by atoms with E-state index in [0.29, 0.717) is 10.8 Å². The third-order valence-electron chi connectivity index (χ3n) is 2.91. The van der Waals surface area contributed by atoms with Gasteiger partial charge in [-0.05, 0) is 19.9 Å². The van der Waals surface area contributed by atoms with Crippen LogP contribution in [0.5, 0.6) is 11.6 Å². The SMILES string of the molecule is CCCNCc1c(C)nn(C)c1Oc1cncc(Cl)c1. The first-order chi connectivity index (χ1) is 9.61. The monoisotopic (exact) mass is 294 g/mol. The molecule has 0 aliphatic carbocycles. The van der Waals surface area contributed by atoms with Crippen LogP contribution in [-0.4, -0.2) is 21.3 Å². The highest BCUT2D eigenvalue weighted by Crippen LogP contribution is 2.27. The van der Waals surface area contributed by atoms with Crippen molar-refractivity contribution in [3.05, 3.63) is 34.7 Å². The van der Waals surface area contributed by atoms with Crippen molar-refractivity contribution in [1.29, 1.82) is 0 Å². The van der Waals surface area contributed by atoms with Gasteiger partial charge in [0.2, 0.25) is 5.88 Å². The summed E-state index contributed by atoms with van der Waals surface area (Å²) in [5, 5.41) is 8.32. The number of nitrogens with zero attached hydrogens (tertiary/aromatic N) is 3. The molecule has 0 fully saturated rings. The Hall–Kier alpha value is -1.59. The lowest BCUT2D eigenvalue weighted by atomic mass is 10.2. The number of hydrogen-bond donors (Lipinski definition) is 1. The largest absolute Gasteiger partial charge is 0.437 e. The lowest BCUT2D eigenvalue weighted by Gasteiger charge is -2.09. The fourth-order valence-electron chi connectivity index (χ4n) is 1.96. The van der Waals surface area contributed by atoms with Gasteiger partial charge in [-0.15, -0.1) is 0 Å². The summed E-state index contributed by atoms with van der Waals surface area (Å²) in [7, 11) is 1.86. The van der Waals surface area contributed by atoms with Crippen molar-refractivity contribution >= 4 is 11.6 Å². The molecule has 0 aromatic carbocycles. The van der Waals surface area contributed by atoms with Gasteiger partial charge in [0.1, 0.15) is 5.75 Å². The second kappa shape index (κ2) is 6.72. The number of aryl methyl sites for hydroxylation is 2. The van der Waals surface area contributed by atoms with Crippen molar-refractivity contribution in [3.8, 4) is 11.6 Å². The van der Waals surface area contributed by atoms with Crippen LogP contribution >= 0.6 is 11.6 Å². The number of nitrogens with one attached hydrogen (secondary N) is 1. The smallest absolute Gasteiger partial charge is 0.222 e. The molecule has 6 heteroatoms. The van der Waals surface area contributed by atoms with Crippen molar-refractivity contribution in [2.24, 2.45) is 7.05 Å². The summed E-state index contributed by atoms with van der Waals surface area (Å²) in [6.07, 6.45) is 4.30. The van der Waals surface area contributed by atoms with Crippen molar-refractivity contribution < 1.29 is 4.74 Å². The van der Waals surface area contributed by atoms with Crippen molar-refractivity contribution in [3.63, 3.8) is 0 Å². The van der Waals surface area contributed by atoms with E-state index in [4.69, 9.17) is 16.3 Å². The molecule has 2 aromatic rings. The standard InChI is InChI=1S/C14H19ClN4O/c1-4-5-16-9-13-10(2)18-19(3)14(13)20-12-6-11(15)7-17-8-12/h6-8,16H,4-5,9H2,1-3H3. The van der Waals surface area contributed by atoms with Gasteiger partial charge in [-0.2, -0.15) is 5.10 Å². The summed E-state index contributed by atoms with van der Waals surface area (Å²) < 4.78 is 7.62. The zero-order valence-electron chi connectivity index (χ0n) is 12.0. The number of hydrogen-bond acceptors (Lipinski definition) is 4. The molecule has 0 spiro atoms. The number of rotatable bonds is 6. The van der Waals surface area contributed by atoms with Crippen LogP contribution in [0.2, 0.25) is 5.02 Å². The van der Waals surface area contributed by atoms with E-state index < -0.39 is 0 Å².